The number of aryl methyl sites for hydroxylation is 1. The first-order valence-electron chi connectivity index (χ1n) is 10.4. The van der Waals surface area contributed by atoms with Gasteiger partial charge in [0.1, 0.15) is 0 Å². The molecule has 2 unspecified atom stereocenters. The molecule has 4 nitrogen and oxygen atoms in total. The van der Waals surface area contributed by atoms with E-state index in [1.165, 1.54) is 29.7 Å². The number of hydrogen-bond acceptors (Lipinski definition) is 1. The Labute approximate surface area is 167 Å². The summed E-state index contributed by atoms with van der Waals surface area (Å²) in [6.45, 7) is 17.2. The minimum absolute atomic E-state index is 0.270. The maximum absolute atomic E-state index is 11.5. The SMILES string of the molecule is C=c1[nH]/c(=C\c2[nH]c(C)c(CC3C(C)CC(C)CC3C)c2C)c(C)c1C(=O)O. The molecule has 1 fully saturated rings. The van der Waals surface area contributed by atoms with Crippen LogP contribution in [0.15, 0.2) is 0 Å². The van der Waals surface area contributed by atoms with Crippen molar-refractivity contribution in [3.8, 4) is 0 Å². The first-order chi connectivity index (χ1) is 13.1. The summed E-state index contributed by atoms with van der Waals surface area (Å²) in [6, 6.07) is 0. The molecule has 0 bridgehead atoms. The molecule has 0 aromatic carbocycles. The Kier molecular flexibility index (Phi) is 5.60. The normalized spacial score (nSPS) is 26.0. The van der Waals surface area contributed by atoms with Crippen LogP contribution in [0.4, 0.5) is 0 Å². The fraction of sp³-hybridized carbons (Fsp3) is 0.542. The molecule has 1 aliphatic rings. The van der Waals surface area contributed by atoms with Gasteiger partial charge in [-0.05, 0) is 86.5 Å². The predicted octanol–water partition coefficient (Wildman–Crippen LogP) is 4.07. The number of carbonyl (C=O) groups is 1. The molecule has 0 spiro atoms. The number of hydrogen-bond donors (Lipinski definition) is 3. The molecule has 3 rings (SSSR count). The summed E-state index contributed by atoms with van der Waals surface area (Å²) >= 11 is 0. The zero-order chi connectivity index (χ0) is 20.7. The van der Waals surface area contributed by atoms with Gasteiger partial charge < -0.3 is 15.1 Å². The van der Waals surface area contributed by atoms with E-state index in [-0.39, 0.29) is 5.56 Å². The van der Waals surface area contributed by atoms with Gasteiger partial charge in [-0.15, -0.1) is 0 Å². The molecule has 4 heteroatoms. The third-order valence-electron chi connectivity index (χ3n) is 6.95. The Morgan fingerprint density at radius 2 is 1.71 bits per heavy atom. The Bertz CT molecular complexity index is 983. The van der Waals surface area contributed by atoms with Crippen LogP contribution in [0.1, 0.15) is 72.0 Å². The highest BCUT2D eigenvalue weighted by Gasteiger charge is 2.32. The lowest BCUT2D eigenvalue weighted by atomic mass is 9.67. The Morgan fingerprint density at radius 3 is 2.25 bits per heavy atom. The summed E-state index contributed by atoms with van der Waals surface area (Å²) < 4.78 is 0. The molecule has 0 radical (unpaired) electrons. The van der Waals surface area contributed by atoms with E-state index < -0.39 is 5.97 Å². The maximum atomic E-state index is 11.5. The van der Waals surface area contributed by atoms with E-state index in [1.807, 2.05) is 13.0 Å². The van der Waals surface area contributed by atoms with Crippen LogP contribution >= 0.6 is 0 Å². The van der Waals surface area contributed by atoms with Gasteiger partial charge in [0.2, 0.25) is 0 Å². The highest BCUT2D eigenvalue weighted by atomic mass is 16.4. The number of aromatic nitrogens is 2. The third kappa shape index (κ3) is 3.69. The van der Waals surface area contributed by atoms with E-state index in [2.05, 4.69) is 51.2 Å². The van der Waals surface area contributed by atoms with Crippen molar-refractivity contribution >= 4 is 18.6 Å². The van der Waals surface area contributed by atoms with E-state index in [0.717, 1.165) is 46.7 Å². The molecule has 152 valence electrons. The van der Waals surface area contributed by atoms with Crippen LogP contribution in [0.2, 0.25) is 0 Å². The van der Waals surface area contributed by atoms with Crippen molar-refractivity contribution in [3.05, 3.63) is 44.3 Å². The second-order valence-corrected chi connectivity index (χ2v) is 9.13. The molecule has 3 N–H and O–H groups in total. The molecule has 1 saturated carbocycles. The van der Waals surface area contributed by atoms with Crippen molar-refractivity contribution in [2.45, 2.75) is 60.8 Å². The minimum atomic E-state index is -0.937. The first kappa shape index (κ1) is 20.5. The zero-order valence-electron chi connectivity index (χ0n) is 18.1. The average Bonchev–Trinajstić information content (AvgIpc) is 3.00. The van der Waals surface area contributed by atoms with Crippen molar-refractivity contribution < 1.29 is 9.90 Å². The number of aromatic amines is 2. The van der Waals surface area contributed by atoms with Crippen LogP contribution in [-0.2, 0) is 6.42 Å². The van der Waals surface area contributed by atoms with Crippen LogP contribution in [-0.4, -0.2) is 21.0 Å². The molecule has 2 aromatic rings. The van der Waals surface area contributed by atoms with E-state index in [0.29, 0.717) is 5.35 Å². The molecule has 2 heterocycles. The number of aromatic carboxylic acids is 1. The Balaban J connectivity index is 1.96. The molecule has 0 aliphatic heterocycles. The molecular formula is C24H34N2O2. The number of carboxylic acid groups (broad SMARTS) is 1. The first-order valence-corrected chi connectivity index (χ1v) is 10.4. The van der Waals surface area contributed by atoms with Crippen LogP contribution in [0.5, 0.6) is 0 Å². The predicted molar refractivity (Wildman–Crippen MR) is 115 cm³/mol. The quantitative estimate of drug-likeness (QED) is 0.746. The average molecular weight is 383 g/mol. The number of nitrogens with one attached hydrogen (secondary N) is 2. The monoisotopic (exact) mass is 382 g/mol. The van der Waals surface area contributed by atoms with Gasteiger partial charge in [-0.3, -0.25) is 0 Å². The maximum Gasteiger partial charge on any atom is 0.338 e. The molecule has 0 amide bonds. The van der Waals surface area contributed by atoms with E-state index in [1.54, 1.807) is 0 Å². The summed E-state index contributed by atoms with van der Waals surface area (Å²) in [4.78, 5) is 18.1. The lowest BCUT2D eigenvalue weighted by Gasteiger charge is -2.38. The van der Waals surface area contributed by atoms with Crippen LogP contribution < -0.4 is 10.7 Å². The number of rotatable bonds is 4. The summed E-state index contributed by atoms with van der Waals surface area (Å²) in [5.41, 5.74) is 5.96. The summed E-state index contributed by atoms with van der Waals surface area (Å²) in [5.74, 6) is 2.10. The molecule has 2 atom stereocenters. The van der Waals surface area contributed by atoms with E-state index >= 15 is 0 Å². The summed E-state index contributed by atoms with van der Waals surface area (Å²) in [6.07, 6.45) is 5.78. The second-order valence-electron chi connectivity index (χ2n) is 9.13. The van der Waals surface area contributed by atoms with Crippen LogP contribution in [0.3, 0.4) is 0 Å². The van der Waals surface area contributed by atoms with Gasteiger partial charge in [0.05, 0.1) is 5.56 Å². The van der Waals surface area contributed by atoms with E-state index in [4.69, 9.17) is 0 Å². The lowest BCUT2D eigenvalue weighted by Crippen LogP contribution is -2.30. The van der Waals surface area contributed by atoms with Gasteiger partial charge in [0.25, 0.3) is 0 Å². The highest BCUT2D eigenvalue weighted by Crippen LogP contribution is 2.40. The van der Waals surface area contributed by atoms with Gasteiger partial charge in [-0.1, -0.05) is 27.4 Å². The van der Waals surface area contributed by atoms with Gasteiger partial charge >= 0.3 is 5.97 Å². The summed E-state index contributed by atoms with van der Waals surface area (Å²) in [5, 5.41) is 10.7. The van der Waals surface area contributed by atoms with Crippen LogP contribution in [0.25, 0.3) is 12.7 Å². The molecular weight excluding hydrogens is 348 g/mol. The highest BCUT2D eigenvalue weighted by molar-refractivity contribution is 5.89. The molecule has 1 aliphatic carbocycles. The standard InChI is InChI=1S/C24H34N2O2/c1-12-8-13(2)19(14(3)9-12)10-20-15(4)21(25-17(20)6)11-22-16(5)23(24(27)28)18(7)26-22/h11-14,19,25-26H,7-10H2,1-6H3,(H,27,28)/b22-11-. The van der Waals surface area contributed by atoms with Crippen molar-refractivity contribution in [2.24, 2.45) is 23.7 Å². The van der Waals surface area contributed by atoms with Gasteiger partial charge in [0.15, 0.2) is 0 Å². The number of carboxylic acids is 1. The topological polar surface area (TPSA) is 68.9 Å². The Hall–Kier alpha value is -2.23. The van der Waals surface area contributed by atoms with Crippen molar-refractivity contribution in [2.75, 3.05) is 0 Å². The van der Waals surface area contributed by atoms with Gasteiger partial charge in [-0.25, -0.2) is 4.79 Å². The minimum Gasteiger partial charge on any atom is -0.478 e. The fourth-order valence-corrected chi connectivity index (χ4v) is 5.44. The third-order valence-corrected chi connectivity index (χ3v) is 6.95. The molecule has 28 heavy (non-hydrogen) atoms. The van der Waals surface area contributed by atoms with Crippen LogP contribution in [0, 0.1) is 44.4 Å². The lowest BCUT2D eigenvalue weighted by molar-refractivity contribution is 0.0695. The largest absolute Gasteiger partial charge is 0.478 e. The fourth-order valence-electron chi connectivity index (χ4n) is 5.44. The molecule has 0 saturated heterocycles. The van der Waals surface area contributed by atoms with Crippen molar-refractivity contribution in [1.82, 2.24) is 9.97 Å². The number of H-pyrrole nitrogens is 2. The summed E-state index contributed by atoms with van der Waals surface area (Å²) in [7, 11) is 0. The Morgan fingerprint density at radius 1 is 1.11 bits per heavy atom. The second kappa shape index (κ2) is 7.65. The van der Waals surface area contributed by atoms with Gasteiger partial charge in [-0.2, -0.15) is 0 Å². The smallest absolute Gasteiger partial charge is 0.338 e. The van der Waals surface area contributed by atoms with Crippen molar-refractivity contribution in [1.29, 1.82) is 0 Å². The van der Waals surface area contributed by atoms with Gasteiger partial charge in [0, 0.05) is 22.1 Å². The van der Waals surface area contributed by atoms with E-state index in [9.17, 15) is 9.90 Å². The zero-order valence-corrected chi connectivity index (χ0v) is 18.1. The molecule has 2 aromatic heterocycles. The van der Waals surface area contributed by atoms with Crippen molar-refractivity contribution in [3.63, 3.8) is 0 Å².